The second-order valence-electron chi connectivity index (χ2n) is 6.02. The molecule has 1 aromatic carbocycles. The summed E-state index contributed by atoms with van der Waals surface area (Å²) in [6.07, 6.45) is 1.83. The first-order chi connectivity index (χ1) is 8.99. The molecule has 2 aromatic rings. The van der Waals surface area contributed by atoms with E-state index >= 15 is 0 Å². The fourth-order valence-electron chi connectivity index (χ4n) is 1.83. The third-order valence-electron chi connectivity index (χ3n) is 3.07. The molecule has 0 unspecified atom stereocenters. The van der Waals surface area contributed by atoms with Gasteiger partial charge in [-0.05, 0) is 23.7 Å². The lowest BCUT2D eigenvalue weighted by molar-refractivity contribution is 0.0898. The van der Waals surface area contributed by atoms with Crippen LogP contribution in [0.4, 0.5) is 0 Å². The predicted octanol–water partition coefficient (Wildman–Crippen LogP) is 4.09. The van der Waals surface area contributed by atoms with Gasteiger partial charge in [-0.25, -0.2) is 4.98 Å². The van der Waals surface area contributed by atoms with Gasteiger partial charge in [0.25, 0.3) is 0 Å². The summed E-state index contributed by atoms with van der Waals surface area (Å²) in [4.78, 5) is 4.37. The Morgan fingerprint density at radius 2 is 2.11 bits per heavy atom. The van der Waals surface area contributed by atoms with E-state index in [1.54, 1.807) is 0 Å². The summed E-state index contributed by atoms with van der Waals surface area (Å²) in [6.45, 7) is 8.46. The highest BCUT2D eigenvalue weighted by molar-refractivity contribution is 6.76. The number of alkyl halides is 1. The van der Waals surface area contributed by atoms with Crippen LogP contribution in [0.3, 0.4) is 0 Å². The third kappa shape index (κ3) is 4.06. The minimum atomic E-state index is -1.02. The zero-order valence-electron chi connectivity index (χ0n) is 11.8. The smallest absolute Gasteiger partial charge is 0.124 e. The van der Waals surface area contributed by atoms with E-state index in [1.165, 1.54) is 6.04 Å². The van der Waals surface area contributed by atoms with Crippen LogP contribution in [-0.2, 0) is 17.3 Å². The van der Waals surface area contributed by atoms with E-state index in [1.807, 2.05) is 23.0 Å². The first kappa shape index (κ1) is 14.6. The molecule has 19 heavy (non-hydrogen) atoms. The number of halogens is 1. The summed E-state index contributed by atoms with van der Waals surface area (Å²) in [5, 5.41) is 0. The summed E-state index contributed by atoms with van der Waals surface area (Å²) in [6, 6.07) is 7.29. The van der Waals surface area contributed by atoms with E-state index in [0.29, 0.717) is 12.6 Å². The van der Waals surface area contributed by atoms with Crippen LogP contribution in [0.5, 0.6) is 0 Å². The quantitative estimate of drug-likeness (QED) is 0.456. The van der Waals surface area contributed by atoms with Crippen LogP contribution < -0.4 is 0 Å². The van der Waals surface area contributed by atoms with Crippen LogP contribution in [0.2, 0.25) is 25.7 Å². The highest BCUT2D eigenvalue weighted by Gasteiger charge is 2.12. The van der Waals surface area contributed by atoms with Crippen molar-refractivity contribution in [3.8, 4) is 0 Å². The lowest BCUT2D eigenvalue weighted by Crippen LogP contribution is -2.21. The van der Waals surface area contributed by atoms with E-state index in [9.17, 15) is 0 Å². The number of fused-ring (bicyclic) bond motifs is 1. The van der Waals surface area contributed by atoms with Crippen LogP contribution in [0, 0.1) is 0 Å². The number of hydrogen-bond donors (Lipinski definition) is 0. The molecule has 2 rings (SSSR count). The first-order valence-electron chi connectivity index (χ1n) is 6.57. The van der Waals surface area contributed by atoms with Gasteiger partial charge in [0.2, 0.25) is 0 Å². The molecule has 0 saturated heterocycles. The highest BCUT2D eigenvalue weighted by Crippen LogP contribution is 2.16. The van der Waals surface area contributed by atoms with Crippen molar-refractivity contribution in [2.75, 3.05) is 6.61 Å². The Hall–Kier alpha value is -0.843. The molecule has 1 aromatic heterocycles. The van der Waals surface area contributed by atoms with Crippen molar-refractivity contribution in [1.29, 1.82) is 0 Å². The van der Waals surface area contributed by atoms with E-state index in [-0.39, 0.29) is 0 Å². The molecule has 1 heterocycles. The molecule has 3 nitrogen and oxygen atoms in total. The van der Waals surface area contributed by atoms with Gasteiger partial charge in [-0.1, -0.05) is 25.7 Å². The van der Waals surface area contributed by atoms with Crippen molar-refractivity contribution in [2.24, 2.45) is 0 Å². The molecule has 0 aliphatic carbocycles. The Morgan fingerprint density at radius 1 is 1.32 bits per heavy atom. The largest absolute Gasteiger partial charge is 0.361 e. The van der Waals surface area contributed by atoms with Gasteiger partial charge >= 0.3 is 0 Å². The Bertz CT molecular complexity index is 548. The fraction of sp³-hybridized carbons (Fsp3) is 0.500. The monoisotopic (exact) mass is 296 g/mol. The molecule has 0 bridgehead atoms. The van der Waals surface area contributed by atoms with Crippen molar-refractivity contribution >= 4 is 30.7 Å². The van der Waals surface area contributed by atoms with Crippen molar-refractivity contribution in [3.05, 3.63) is 30.1 Å². The van der Waals surface area contributed by atoms with Gasteiger partial charge in [0, 0.05) is 20.6 Å². The van der Waals surface area contributed by atoms with E-state index < -0.39 is 8.07 Å². The number of ether oxygens (including phenoxy) is 1. The molecule has 0 fully saturated rings. The zero-order valence-corrected chi connectivity index (χ0v) is 13.6. The van der Waals surface area contributed by atoms with Crippen molar-refractivity contribution in [3.63, 3.8) is 0 Å². The summed E-state index contributed by atoms with van der Waals surface area (Å²) in [5.41, 5.74) is 3.19. The molecule has 0 N–H and O–H groups in total. The van der Waals surface area contributed by atoms with Gasteiger partial charge in [-0.2, -0.15) is 0 Å². The first-order valence-corrected chi connectivity index (χ1v) is 10.8. The SMILES string of the molecule is C[Si](C)(C)CCOCn1cnc2ccc(CCl)cc21. The standard InChI is InChI=1S/C14H21ClN2OSi/c1-19(2,3)7-6-18-11-17-10-16-13-5-4-12(9-15)8-14(13)17/h4-5,8,10H,6-7,9,11H2,1-3H3. The topological polar surface area (TPSA) is 27.1 Å². The van der Waals surface area contributed by atoms with Gasteiger partial charge in [0.15, 0.2) is 0 Å². The predicted molar refractivity (Wildman–Crippen MR) is 83.4 cm³/mol. The summed E-state index contributed by atoms with van der Waals surface area (Å²) >= 11 is 5.87. The number of rotatable bonds is 6. The summed E-state index contributed by atoms with van der Waals surface area (Å²) in [7, 11) is -1.02. The van der Waals surface area contributed by atoms with Crippen molar-refractivity contribution in [1.82, 2.24) is 9.55 Å². The van der Waals surface area contributed by atoms with Gasteiger partial charge in [0.05, 0.1) is 17.4 Å². The molecule has 0 saturated carbocycles. The molecular formula is C14H21ClN2OSi. The third-order valence-corrected chi connectivity index (χ3v) is 5.08. The maximum atomic E-state index is 5.87. The van der Waals surface area contributed by atoms with Crippen LogP contribution >= 0.6 is 11.6 Å². The van der Waals surface area contributed by atoms with E-state index in [2.05, 4.69) is 30.7 Å². The van der Waals surface area contributed by atoms with Gasteiger partial charge in [0.1, 0.15) is 6.73 Å². The van der Waals surface area contributed by atoms with Crippen LogP contribution in [0.1, 0.15) is 5.56 Å². The minimum absolute atomic E-state index is 0.525. The van der Waals surface area contributed by atoms with Gasteiger partial charge < -0.3 is 9.30 Å². The Kier molecular flexibility index (Phi) is 4.65. The Labute approximate surface area is 120 Å². The molecule has 0 atom stereocenters. The fourth-order valence-corrected chi connectivity index (χ4v) is 2.75. The summed E-state index contributed by atoms with van der Waals surface area (Å²) < 4.78 is 7.80. The Balaban J connectivity index is 2.00. The summed E-state index contributed by atoms with van der Waals surface area (Å²) in [5.74, 6) is 0.525. The minimum Gasteiger partial charge on any atom is -0.361 e. The maximum absolute atomic E-state index is 5.87. The average Bonchev–Trinajstić information content (AvgIpc) is 2.76. The molecule has 0 amide bonds. The van der Waals surface area contributed by atoms with Crippen LogP contribution in [-0.4, -0.2) is 24.2 Å². The van der Waals surface area contributed by atoms with Gasteiger partial charge in [-0.3, -0.25) is 0 Å². The number of benzene rings is 1. The lowest BCUT2D eigenvalue weighted by Gasteiger charge is -2.15. The molecule has 0 radical (unpaired) electrons. The average molecular weight is 297 g/mol. The maximum Gasteiger partial charge on any atom is 0.124 e. The second-order valence-corrected chi connectivity index (χ2v) is 11.9. The van der Waals surface area contributed by atoms with Crippen LogP contribution in [0.25, 0.3) is 11.0 Å². The number of imidazole rings is 1. The second kappa shape index (κ2) is 6.07. The van der Waals surface area contributed by atoms with E-state index in [0.717, 1.165) is 23.2 Å². The number of nitrogens with zero attached hydrogens (tertiary/aromatic N) is 2. The molecule has 0 aliphatic rings. The van der Waals surface area contributed by atoms with E-state index in [4.69, 9.17) is 16.3 Å². The Morgan fingerprint density at radius 3 is 2.79 bits per heavy atom. The molecule has 0 spiro atoms. The lowest BCUT2D eigenvalue weighted by atomic mass is 10.2. The molecular weight excluding hydrogens is 276 g/mol. The number of aromatic nitrogens is 2. The molecule has 104 valence electrons. The zero-order chi connectivity index (χ0) is 13.9. The molecule has 0 aliphatic heterocycles. The van der Waals surface area contributed by atoms with Crippen molar-refractivity contribution in [2.45, 2.75) is 38.3 Å². The van der Waals surface area contributed by atoms with Crippen LogP contribution in [0.15, 0.2) is 24.5 Å². The van der Waals surface area contributed by atoms with Crippen molar-refractivity contribution < 1.29 is 4.74 Å². The highest BCUT2D eigenvalue weighted by atomic mass is 35.5. The van der Waals surface area contributed by atoms with Gasteiger partial charge in [-0.15, -0.1) is 11.6 Å². The number of hydrogen-bond acceptors (Lipinski definition) is 2. The normalized spacial score (nSPS) is 12.2. The molecule has 5 heteroatoms.